The van der Waals surface area contributed by atoms with Crippen LogP contribution in [0.1, 0.15) is 27.7 Å². The number of nitrogens with zero attached hydrogens (tertiary/aromatic N) is 1. The fourth-order valence-corrected chi connectivity index (χ4v) is 1.70. The predicted molar refractivity (Wildman–Crippen MR) is 61.3 cm³/mol. The first-order valence-corrected chi connectivity index (χ1v) is 5.69. The van der Waals surface area contributed by atoms with Crippen molar-refractivity contribution >= 4 is 6.09 Å². The molecule has 1 amide bonds. The number of hydrogen-bond donors (Lipinski definition) is 2. The van der Waals surface area contributed by atoms with E-state index in [1.165, 1.54) is 0 Å². The smallest absolute Gasteiger partial charge is 0.410 e. The Morgan fingerprint density at radius 3 is 2.69 bits per heavy atom. The molecule has 2 atom stereocenters. The number of ether oxygens (including phenoxy) is 1. The molecule has 0 aliphatic carbocycles. The van der Waals surface area contributed by atoms with Crippen LogP contribution < -0.4 is 5.32 Å². The summed E-state index contributed by atoms with van der Waals surface area (Å²) in [5.74, 6) is 0. The van der Waals surface area contributed by atoms with Crippen molar-refractivity contribution in [2.45, 2.75) is 45.4 Å². The van der Waals surface area contributed by atoms with Crippen LogP contribution in [0.25, 0.3) is 0 Å². The van der Waals surface area contributed by atoms with Gasteiger partial charge in [-0.1, -0.05) is 0 Å². The average molecular weight is 230 g/mol. The van der Waals surface area contributed by atoms with Gasteiger partial charge < -0.3 is 20.1 Å². The van der Waals surface area contributed by atoms with Crippen LogP contribution >= 0.6 is 0 Å². The maximum atomic E-state index is 11.9. The number of aliphatic hydroxyl groups is 1. The Kier molecular flexibility index (Phi) is 4.15. The second kappa shape index (κ2) is 5.01. The lowest BCUT2D eigenvalue weighted by Gasteiger charge is -2.38. The molecule has 1 heterocycles. The number of amides is 1. The molecule has 0 unspecified atom stereocenters. The fraction of sp³-hybridized carbons (Fsp3) is 0.909. The molecule has 2 N–H and O–H groups in total. The summed E-state index contributed by atoms with van der Waals surface area (Å²) in [5.41, 5.74) is -0.495. The molecule has 0 aromatic carbocycles. The van der Waals surface area contributed by atoms with Crippen LogP contribution in [0, 0.1) is 0 Å². The Labute approximate surface area is 96.8 Å². The van der Waals surface area contributed by atoms with Gasteiger partial charge in [0.1, 0.15) is 5.60 Å². The Morgan fingerprint density at radius 1 is 1.56 bits per heavy atom. The van der Waals surface area contributed by atoms with E-state index in [4.69, 9.17) is 4.74 Å². The Bertz CT molecular complexity index is 248. The topological polar surface area (TPSA) is 61.8 Å². The molecule has 0 radical (unpaired) electrons. The zero-order chi connectivity index (χ0) is 12.3. The van der Waals surface area contributed by atoms with Crippen LogP contribution in [0.4, 0.5) is 4.79 Å². The molecule has 5 nitrogen and oxygen atoms in total. The highest BCUT2D eigenvalue weighted by Gasteiger charge is 2.32. The van der Waals surface area contributed by atoms with Gasteiger partial charge in [-0.25, -0.2) is 4.79 Å². The van der Waals surface area contributed by atoms with Crippen LogP contribution in [-0.4, -0.2) is 53.5 Å². The van der Waals surface area contributed by atoms with E-state index in [1.807, 2.05) is 20.8 Å². The molecular formula is C11H22N2O3. The maximum Gasteiger partial charge on any atom is 0.410 e. The molecule has 94 valence electrons. The quantitative estimate of drug-likeness (QED) is 0.691. The molecule has 0 saturated carbocycles. The standard InChI is InChI=1S/C11H22N2O3/c1-8(14)9-7-12-5-6-13(9)10(15)16-11(2,3)4/h8-9,12,14H,5-7H2,1-4H3/t8-,9+/m1/s1. The Balaban J connectivity index is 2.64. The molecule has 0 aromatic heterocycles. The summed E-state index contributed by atoms with van der Waals surface area (Å²) >= 11 is 0. The molecule has 0 bridgehead atoms. The fourth-order valence-electron chi connectivity index (χ4n) is 1.70. The van der Waals surface area contributed by atoms with Gasteiger partial charge in [-0.15, -0.1) is 0 Å². The van der Waals surface area contributed by atoms with Crippen LogP contribution in [0.15, 0.2) is 0 Å². The van der Waals surface area contributed by atoms with Gasteiger partial charge in [-0.05, 0) is 27.7 Å². The third-order valence-corrected chi connectivity index (χ3v) is 2.47. The van der Waals surface area contributed by atoms with Gasteiger partial charge in [0.05, 0.1) is 12.1 Å². The first kappa shape index (κ1) is 13.3. The van der Waals surface area contributed by atoms with Crippen molar-refractivity contribution in [3.8, 4) is 0 Å². The summed E-state index contributed by atoms with van der Waals surface area (Å²) in [6, 6.07) is -0.205. The highest BCUT2D eigenvalue weighted by atomic mass is 16.6. The van der Waals surface area contributed by atoms with Gasteiger partial charge >= 0.3 is 6.09 Å². The van der Waals surface area contributed by atoms with Gasteiger partial charge in [0, 0.05) is 19.6 Å². The molecule has 1 rings (SSSR count). The van der Waals surface area contributed by atoms with Gasteiger partial charge in [-0.3, -0.25) is 0 Å². The summed E-state index contributed by atoms with van der Waals surface area (Å²) in [6.07, 6.45) is -0.903. The van der Waals surface area contributed by atoms with Gasteiger partial charge in [0.15, 0.2) is 0 Å². The maximum absolute atomic E-state index is 11.9. The van der Waals surface area contributed by atoms with Gasteiger partial charge in [0.25, 0.3) is 0 Å². The number of aliphatic hydroxyl groups excluding tert-OH is 1. The minimum atomic E-state index is -0.555. The minimum absolute atomic E-state index is 0.205. The highest BCUT2D eigenvalue weighted by molar-refractivity contribution is 5.68. The minimum Gasteiger partial charge on any atom is -0.444 e. The normalized spacial score (nSPS) is 24.1. The summed E-state index contributed by atoms with van der Waals surface area (Å²) in [6.45, 7) is 9.12. The molecule has 0 spiro atoms. The van der Waals surface area contributed by atoms with E-state index in [0.29, 0.717) is 13.1 Å². The molecule has 1 fully saturated rings. The number of carbonyl (C=O) groups is 1. The van der Waals surface area contributed by atoms with Crippen molar-refractivity contribution in [1.82, 2.24) is 10.2 Å². The Hall–Kier alpha value is -0.810. The largest absolute Gasteiger partial charge is 0.444 e. The van der Waals surface area contributed by atoms with Crippen molar-refractivity contribution in [2.75, 3.05) is 19.6 Å². The lowest BCUT2D eigenvalue weighted by molar-refractivity contribution is -0.00867. The summed E-state index contributed by atoms with van der Waals surface area (Å²) < 4.78 is 5.31. The van der Waals surface area contributed by atoms with Crippen LogP contribution in [-0.2, 0) is 4.74 Å². The molecule has 1 aliphatic heterocycles. The van der Waals surface area contributed by atoms with E-state index in [9.17, 15) is 9.90 Å². The summed E-state index contributed by atoms with van der Waals surface area (Å²) in [7, 11) is 0. The van der Waals surface area contributed by atoms with E-state index >= 15 is 0 Å². The molecule has 16 heavy (non-hydrogen) atoms. The van der Waals surface area contributed by atoms with E-state index in [1.54, 1.807) is 11.8 Å². The SMILES string of the molecule is C[C@@H](O)[C@@H]1CNCCN1C(=O)OC(C)(C)C. The van der Waals surface area contributed by atoms with Gasteiger partial charge in [0.2, 0.25) is 0 Å². The Morgan fingerprint density at radius 2 is 2.19 bits per heavy atom. The average Bonchev–Trinajstić information content (AvgIpc) is 2.15. The monoisotopic (exact) mass is 230 g/mol. The van der Waals surface area contributed by atoms with Crippen LogP contribution in [0.2, 0.25) is 0 Å². The predicted octanol–water partition coefficient (Wildman–Crippen LogP) is 0.576. The third-order valence-electron chi connectivity index (χ3n) is 2.47. The number of hydrogen-bond acceptors (Lipinski definition) is 4. The first-order chi connectivity index (χ1) is 7.31. The van der Waals surface area contributed by atoms with E-state index in [2.05, 4.69) is 5.32 Å². The zero-order valence-corrected chi connectivity index (χ0v) is 10.5. The van der Waals surface area contributed by atoms with Crippen molar-refractivity contribution < 1.29 is 14.6 Å². The van der Waals surface area contributed by atoms with Gasteiger partial charge in [-0.2, -0.15) is 0 Å². The first-order valence-electron chi connectivity index (χ1n) is 5.69. The molecule has 0 aromatic rings. The van der Waals surface area contributed by atoms with Crippen molar-refractivity contribution in [1.29, 1.82) is 0 Å². The number of piperazine rings is 1. The second-order valence-corrected chi connectivity index (χ2v) is 5.19. The molecule has 1 saturated heterocycles. The van der Waals surface area contributed by atoms with E-state index in [0.717, 1.165) is 6.54 Å². The van der Waals surface area contributed by atoms with Crippen molar-refractivity contribution in [2.24, 2.45) is 0 Å². The summed E-state index contributed by atoms with van der Waals surface area (Å²) in [5, 5.41) is 12.8. The third kappa shape index (κ3) is 3.64. The van der Waals surface area contributed by atoms with Crippen molar-refractivity contribution in [3.63, 3.8) is 0 Å². The number of carbonyl (C=O) groups excluding carboxylic acids is 1. The van der Waals surface area contributed by atoms with Crippen molar-refractivity contribution in [3.05, 3.63) is 0 Å². The van der Waals surface area contributed by atoms with Crippen LogP contribution in [0.3, 0.4) is 0 Å². The van der Waals surface area contributed by atoms with Crippen LogP contribution in [0.5, 0.6) is 0 Å². The molecular weight excluding hydrogens is 208 g/mol. The van der Waals surface area contributed by atoms with E-state index < -0.39 is 11.7 Å². The zero-order valence-electron chi connectivity index (χ0n) is 10.5. The highest BCUT2D eigenvalue weighted by Crippen LogP contribution is 2.14. The lowest BCUT2D eigenvalue weighted by Crippen LogP contribution is -2.58. The second-order valence-electron chi connectivity index (χ2n) is 5.19. The lowest BCUT2D eigenvalue weighted by atomic mass is 10.1. The van der Waals surface area contributed by atoms with E-state index in [-0.39, 0.29) is 12.1 Å². The summed E-state index contributed by atoms with van der Waals surface area (Å²) in [4.78, 5) is 13.5. The molecule has 5 heteroatoms. The number of nitrogens with one attached hydrogen (secondary N) is 1. The molecule has 1 aliphatic rings. The number of rotatable bonds is 1.